The molecule has 3 aromatic carbocycles. The van der Waals surface area contributed by atoms with Crippen LogP contribution < -0.4 is 62.0 Å². The van der Waals surface area contributed by atoms with Gasteiger partial charge in [-0.25, -0.2) is 0 Å². The molecule has 3 saturated heterocycles. The van der Waals surface area contributed by atoms with Crippen LogP contribution in [0.2, 0.25) is 0 Å². The zero-order chi connectivity index (χ0) is 37.1. The quantitative estimate of drug-likeness (QED) is 0.298. The maximum atomic E-state index is 8.89. The number of nitrogens with zero attached hydrogens (tertiary/aromatic N) is 1. The molecule has 0 saturated carbocycles. The van der Waals surface area contributed by atoms with Crippen LogP contribution >= 0.6 is 0 Å². The predicted molar refractivity (Wildman–Crippen MR) is 199 cm³/mol. The number of benzene rings is 3. The molecule has 13 heteroatoms. The number of aromatic nitrogens is 1. The molecule has 266 valence electrons. The molecule has 51 heavy (non-hydrogen) atoms. The van der Waals surface area contributed by atoms with Gasteiger partial charge in [-0.1, -0.05) is 48.5 Å². The summed E-state index contributed by atoms with van der Waals surface area (Å²) in [5.74, 6) is -1.08. The molecule has 4 aromatic rings. The van der Waals surface area contributed by atoms with Crippen molar-refractivity contribution in [2.45, 2.75) is 124 Å². The maximum absolute atomic E-state index is 8.89. The third-order valence-corrected chi connectivity index (χ3v) is 11.0. The van der Waals surface area contributed by atoms with Crippen LogP contribution in [0.1, 0.15) is 90.0 Å². The number of carbonyl (C=O) groups excluding carboxylic acids is 1. The van der Waals surface area contributed by atoms with Crippen molar-refractivity contribution in [2.24, 2.45) is 0 Å². The first-order chi connectivity index (χ1) is 23.0. The van der Waals surface area contributed by atoms with E-state index in [1.54, 1.807) is 0 Å². The Labute approximate surface area is 347 Å². The number of hydrogen-bond donors (Lipinski definition) is 0. The molecule has 3 fully saturated rings. The number of carboxylic acid groups (broad SMARTS) is 1. The first-order valence-corrected chi connectivity index (χ1v) is 17.3. The molecule has 3 aliphatic heterocycles. The largest absolute Gasteiger partial charge is 1.00 e. The van der Waals surface area contributed by atoms with Crippen molar-refractivity contribution >= 4 is 54.4 Å². The van der Waals surface area contributed by atoms with E-state index in [2.05, 4.69) is 99.0 Å². The second-order valence-electron chi connectivity index (χ2n) is 16.3. The summed E-state index contributed by atoms with van der Waals surface area (Å²) in [4.78, 5) is 8.89. The van der Waals surface area contributed by atoms with Gasteiger partial charge in [0.15, 0.2) is 0 Å². The second kappa shape index (κ2) is 15.0. The number of carbonyl (C=O) groups is 1. The van der Waals surface area contributed by atoms with E-state index < -0.39 is 20.0 Å². The summed E-state index contributed by atoms with van der Waals surface area (Å²) >= 11 is 0. The summed E-state index contributed by atoms with van der Waals surface area (Å²) in [6.07, 6.45) is 0. The molecular weight excluding hydrogens is 670 g/mol. The molecule has 0 bridgehead atoms. The zero-order valence-electron chi connectivity index (χ0n) is 32.9. The van der Waals surface area contributed by atoms with Crippen LogP contribution in [0.4, 0.5) is 0 Å². The fraction of sp³-hybridized carbons (Fsp3) is 0.500. The fourth-order valence-electron chi connectivity index (χ4n) is 5.97. The zero-order valence-corrected chi connectivity index (χ0v) is 36.0. The van der Waals surface area contributed by atoms with Crippen LogP contribution in [-0.4, -0.2) is 65.3 Å². The van der Waals surface area contributed by atoms with E-state index >= 15 is 0 Å². The molecule has 7 rings (SSSR count). The summed E-state index contributed by atoms with van der Waals surface area (Å²) in [6, 6.07) is 25.6. The molecule has 4 heterocycles. The molecule has 0 spiro atoms. The summed E-state index contributed by atoms with van der Waals surface area (Å²) in [5, 5.41) is 11.4. The Hall–Kier alpha value is -1.48. The third-order valence-electron chi connectivity index (χ3n) is 11.0. The van der Waals surface area contributed by atoms with Crippen molar-refractivity contribution in [1.82, 2.24) is 4.57 Å². The van der Waals surface area contributed by atoms with Crippen molar-refractivity contribution in [3.8, 4) is 5.69 Å². The van der Waals surface area contributed by atoms with Crippen molar-refractivity contribution < 1.29 is 89.2 Å². The molecular formula is C38H51B3KNO8. The molecule has 0 N–H and O–H groups in total. The number of carboxylic acids is 1. The van der Waals surface area contributed by atoms with Crippen LogP contribution in [0.5, 0.6) is 0 Å². The van der Waals surface area contributed by atoms with Crippen LogP contribution in [0, 0.1) is 0 Å². The molecule has 9 nitrogen and oxygen atoms in total. The van der Waals surface area contributed by atoms with Crippen LogP contribution in [0.25, 0.3) is 27.5 Å². The molecule has 0 amide bonds. The van der Waals surface area contributed by atoms with Gasteiger partial charge in [0, 0.05) is 22.4 Å². The van der Waals surface area contributed by atoms with Crippen LogP contribution in [0.3, 0.4) is 0 Å². The van der Waals surface area contributed by atoms with Crippen LogP contribution in [-0.2, 0) is 32.7 Å². The number of hydrogen-bond acceptors (Lipinski definition) is 8. The SMILES string of the molecule is CC(=O)[O-].CC1(C)OB(B2OC(C)(C)C(C)(C)O2)OC1(C)C.CC1(C)OB(c2ccc3c4ccccc4n(-c4ccccc4)c3c2)OC1(C)C.[K+]. The normalized spacial score (nSPS) is 21.8. The minimum atomic E-state index is -1.08. The van der Waals surface area contributed by atoms with E-state index in [0.29, 0.717) is 0 Å². The maximum Gasteiger partial charge on any atom is 1.00 e. The van der Waals surface area contributed by atoms with E-state index in [1.165, 1.54) is 21.8 Å². The van der Waals surface area contributed by atoms with Crippen molar-refractivity contribution in [2.75, 3.05) is 0 Å². The van der Waals surface area contributed by atoms with Gasteiger partial charge in [-0.05, 0) is 120 Å². The van der Waals surface area contributed by atoms with Gasteiger partial charge in [-0.3, -0.25) is 0 Å². The summed E-state index contributed by atoms with van der Waals surface area (Å²) in [5.41, 5.74) is 2.43. The van der Waals surface area contributed by atoms with Crippen molar-refractivity contribution in [1.29, 1.82) is 0 Å². The summed E-state index contributed by atoms with van der Waals surface area (Å²) in [7, 11) is -1.32. The van der Waals surface area contributed by atoms with Crippen molar-refractivity contribution in [3.05, 3.63) is 72.8 Å². The number of fused-ring (bicyclic) bond motifs is 3. The van der Waals surface area contributed by atoms with E-state index in [4.69, 9.17) is 37.8 Å². The minimum absolute atomic E-state index is 0. The molecule has 0 radical (unpaired) electrons. The monoisotopic (exact) mass is 721 g/mol. The number of rotatable bonds is 3. The standard InChI is InChI=1S/C24H24BNO2.C12H24B2O4.C2H4O2.K/c1-23(2)24(3,4)28-25(27-23)17-14-15-20-19-12-8-9-13-21(19)26(22(20)16-17)18-10-6-5-7-11-18;1-9(2)10(3,4)16-13(15-9)14-17-11(5,6)12(7,8)18-14;1-2(3)4;/h5-16H,1-4H3;1-8H3;1H3,(H,3,4);/q;;;+1/p-1. The van der Waals surface area contributed by atoms with Gasteiger partial charge < -0.3 is 42.4 Å². The number of aliphatic carboxylic acids is 1. The minimum Gasteiger partial charge on any atom is -0.550 e. The van der Waals surface area contributed by atoms with E-state index in [9.17, 15) is 0 Å². The first kappa shape index (κ1) is 42.3. The van der Waals surface area contributed by atoms with Crippen LogP contribution in [0.15, 0.2) is 72.8 Å². The van der Waals surface area contributed by atoms with Gasteiger partial charge in [-0.15, -0.1) is 0 Å². The topological polar surface area (TPSA) is 100 Å². The molecule has 3 aliphatic rings. The van der Waals surface area contributed by atoms with Gasteiger partial charge in [0.2, 0.25) is 0 Å². The predicted octanol–water partition coefficient (Wildman–Crippen LogP) is 3.09. The Morgan fingerprint density at radius 1 is 0.549 bits per heavy atom. The Morgan fingerprint density at radius 2 is 0.922 bits per heavy atom. The van der Waals surface area contributed by atoms with Gasteiger partial charge in [0.25, 0.3) is 0 Å². The Kier molecular flexibility index (Phi) is 12.4. The smallest absolute Gasteiger partial charge is 0.550 e. The average Bonchev–Trinajstić information content (AvgIpc) is 3.60. The van der Waals surface area contributed by atoms with Gasteiger partial charge >= 0.3 is 72.5 Å². The Bertz CT molecular complexity index is 1770. The van der Waals surface area contributed by atoms with E-state index in [-0.39, 0.29) is 92.1 Å². The average molecular weight is 721 g/mol. The Balaban J connectivity index is 0.000000219. The molecule has 1 aromatic heterocycles. The van der Waals surface area contributed by atoms with Gasteiger partial charge in [0.1, 0.15) is 0 Å². The summed E-state index contributed by atoms with van der Waals surface area (Å²) < 4.78 is 38.7. The van der Waals surface area contributed by atoms with Gasteiger partial charge in [-0.2, -0.15) is 0 Å². The van der Waals surface area contributed by atoms with Crippen molar-refractivity contribution in [3.63, 3.8) is 0 Å². The third kappa shape index (κ3) is 8.44. The first-order valence-electron chi connectivity index (χ1n) is 17.3. The second-order valence-corrected chi connectivity index (χ2v) is 16.3. The summed E-state index contributed by atoms with van der Waals surface area (Å²) in [6.45, 7) is 25.5. The Morgan fingerprint density at radius 3 is 1.37 bits per heavy atom. The van der Waals surface area contributed by atoms with E-state index in [1.807, 2.05) is 61.5 Å². The molecule has 0 unspecified atom stereocenters. The molecule has 0 atom stereocenters. The number of para-hydroxylation sites is 2. The fourth-order valence-corrected chi connectivity index (χ4v) is 5.97. The molecule has 0 aliphatic carbocycles. The van der Waals surface area contributed by atoms with Gasteiger partial charge in [0.05, 0.1) is 44.6 Å². The van der Waals surface area contributed by atoms with E-state index in [0.717, 1.165) is 18.1 Å².